The number of halogens is 2. The van der Waals surface area contributed by atoms with Gasteiger partial charge in [0.1, 0.15) is 10.8 Å². The SMILES string of the molecule is O=C(CCOc1cccc(Cl)c1Cl)NCCCCn1ccccc1=O. The van der Waals surface area contributed by atoms with Crippen LogP contribution in [0.4, 0.5) is 0 Å². The molecule has 5 nitrogen and oxygen atoms in total. The van der Waals surface area contributed by atoms with Crippen LogP contribution in [0.3, 0.4) is 0 Å². The number of rotatable bonds is 9. The summed E-state index contributed by atoms with van der Waals surface area (Å²) in [5.74, 6) is 0.380. The lowest BCUT2D eigenvalue weighted by Gasteiger charge is -2.09. The smallest absolute Gasteiger partial charge is 0.250 e. The van der Waals surface area contributed by atoms with E-state index in [4.69, 9.17) is 27.9 Å². The molecule has 0 saturated heterocycles. The van der Waals surface area contributed by atoms with E-state index in [0.717, 1.165) is 12.8 Å². The first-order valence-electron chi connectivity index (χ1n) is 8.07. The maximum Gasteiger partial charge on any atom is 0.250 e. The molecule has 0 aliphatic carbocycles. The number of unbranched alkanes of at least 4 members (excludes halogenated alkanes) is 1. The molecule has 1 aromatic carbocycles. The van der Waals surface area contributed by atoms with Crippen molar-refractivity contribution >= 4 is 29.1 Å². The second-order valence-electron chi connectivity index (χ2n) is 5.44. The summed E-state index contributed by atoms with van der Waals surface area (Å²) in [5, 5.41) is 3.60. The molecule has 0 radical (unpaired) electrons. The zero-order valence-electron chi connectivity index (χ0n) is 13.7. The van der Waals surface area contributed by atoms with Gasteiger partial charge in [0.2, 0.25) is 11.5 Å². The Morgan fingerprint density at radius 2 is 1.96 bits per heavy atom. The summed E-state index contributed by atoms with van der Waals surface area (Å²) < 4.78 is 7.13. The molecule has 0 unspecified atom stereocenters. The highest BCUT2D eigenvalue weighted by atomic mass is 35.5. The number of pyridine rings is 1. The van der Waals surface area contributed by atoms with Crippen molar-refractivity contribution in [3.63, 3.8) is 0 Å². The maximum atomic E-state index is 11.8. The minimum absolute atomic E-state index is 0.0108. The number of hydrogen-bond acceptors (Lipinski definition) is 3. The molecule has 2 aromatic rings. The van der Waals surface area contributed by atoms with Gasteiger partial charge in [-0.05, 0) is 31.0 Å². The van der Waals surface area contributed by atoms with Crippen LogP contribution in [0, 0.1) is 0 Å². The van der Waals surface area contributed by atoms with Gasteiger partial charge in [-0.2, -0.15) is 0 Å². The van der Waals surface area contributed by atoms with Gasteiger partial charge in [-0.3, -0.25) is 9.59 Å². The summed E-state index contributed by atoms with van der Waals surface area (Å²) >= 11 is 11.9. The van der Waals surface area contributed by atoms with Crippen molar-refractivity contribution in [3.8, 4) is 5.75 Å². The van der Waals surface area contributed by atoms with Crippen LogP contribution < -0.4 is 15.6 Å². The number of ether oxygens (including phenoxy) is 1. The second-order valence-corrected chi connectivity index (χ2v) is 6.22. The Kier molecular flexibility index (Phi) is 7.82. The lowest BCUT2D eigenvalue weighted by atomic mass is 10.3. The second kappa shape index (κ2) is 10.1. The van der Waals surface area contributed by atoms with Gasteiger partial charge in [-0.15, -0.1) is 0 Å². The van der Waals surface area contributed by atoms with Gasteiger partial charge in [-0.25, -0.2) is 0 Å². The largest absolute Gasteiger partial charge is 0.491 e. The third-order valence-electron chi connectivity index (χ3n) is 3.55. The van der Waals surface area contributed by atoms with Crippen molar-refractivity contribution in [1.82, 2.24) is 9.88 Å². The van der Waals surface area contributed by atoms with E-state index in [-0.39, 0.29) is 24.5 Å². The Hall–Kier alpha value is -1.98. The first kappa shape index (κ1) is 19.3. The molecule has 0 atom stereocenters. The molecule has 0 spiro atoms. The average molecular weight is 383 g/mol. The molecule has 1 heterocycles. The highest BCUT2D eigenvalue weighted by Crippen LogP contribution is 2.31. The Morgan fingerprint density at radius 3 is 2.76 bits per heavy atom. The van der Waals surface area contributed by atoms with Crippen molar-refractivity contribution in [2.24, 2.45) is 0 Å². The van der Waals surface area contributed by atoms with Crippen LogP contribution in [0.1, 0.15) is 19.3 Å². The number of nitrogens with one attached hydrogen (secondary N) is 1. The van der Waals surface area contributed by atoms with Crippen molar-refractivity contribution in [1.29, 1.82) is 0 Å². The third kappa shape index (κ3) is 6.44. The summed E-state index contributed by atoms with van der Waals surface area (Å²) in [7, 11) is 0. The molecule has 0 aliphatic rings. The normalized spacial score (nSPS) is 10.5. The zero-order chi connectivity index (χ0) is 18.1. The van der Waals surface area contributed by atoms with Gasteiger partial charge in [0.05, 0.1) is 18.1 Å². The van der Waals surface area contributed by atoms with Gasteiger partial charge in [0.15, 0.2) is 0 Å². The fourth-order valence-corrected chi connectivity index (χ4v) is 2.56. The van der Waals surface area contributed by atoms with Crippen LogP contribution in [0.15, 0.2) is 47.4 Å². The number of nitrogens with zero attached hydrogens (tertiary/aromatic N) is 1. The minimum atomic E-state index is -0.0879. The topological polar surface area (TPSA) is 60.3 Å². The van der Waals surface area contributed by atoms with E-state index in [1.807, 2.05) is 6.07 Å². The fraction of sp³-hybridized carbons (Fsp3) is 0.333. The number of amides is 1. The maximum absolute atomic E-state index is 11.8. The molecule has 7 heteroatoms. The van der Waals surface area contributed by atoms with Crippen LogP contribution in [-0.4, -0.2) is 23.6 Å². The number of hydrogen-bond donors (Lipinski definition) is 1. The van der Waals surface area contributed by atoms with Gasteiger partial charge >= 0.3 is 0 Å². The molecule has 0 bridgehead atoms. The van der Waals surface area contributed by atoms with E-state index in [9.17, 15) is 9.59 Å². The predicted molar refractivity (Wildman–Crippen MR) is 99.5 cm³/mol. The highest BCUT2D eigenvalue weighted by molar-refractivity contribution is 6.42. The Bertz CT molecular complexity index is 762. The number of carbonyl (C=O) groups excluding carboxylic acids is 1. The number of benzene rings is 1. The summed E-state index contributed by atoms with van der Waals surface area (Å²) in [4.78, 5) is 23.3. The van der Waals surface area contributed by atoms with Crippen molar-refractivity contribution in [3.05, 3.63) is 63.0 Å². The molecular weight excluding hydrogens is 363 g/mol. The molecule has 1 amide bonds. The van der Waals surface area contributed by atoms with E-state index in [1.54, 1.807) is 35.0 Å². The van der Waals surface area contributed by atoms with Crippen LogP contribution in [0.25, 0.3) is 0 Å². The first-order chi connectivity index (χ1) is 12.1. The number of aromatic nitrogens is 1. The first-order valence-corrected chi connectivity index (χ1v) is 8.82. The van der Waals surface area contributed by atoms with Gasteiger partial charge < -0.3 is 14.6 Å². The van der Waals surface area contributed by atoms with E-state index >= 15 is 0 Å². The average Bonchev–Trinajstić information content (AvgIpc) is 2.60. The molecule has 1 aromatic heterocycles. The van der Waals surface area contributed by atoms with Crippen molar-refractivity contribution < 1.29 is 9.53 Å². The van der Waals surface area contributed by atoms with Crippen LogP contribution in [0.5, 0.6) is 5.75 Å². The summed E-state index contributed by atoms with van der Waals surface area (Å²) in [6.45, 7) is 1.44. The van der Waals surface area contributed by atoms with E-state index in [0.29, 0.717) is 28.9 Å². The van der Waals surface area contributed by atoms with Crippen LogP contribution in [0.2, 0.25) is 10.0 Å². The monoisotopic (exact) mass is 382 g/mol. The third-order valence-corrected chi connectivity index (χ3v) is 4.35. The molecule has 0 saturated carbocycles. The lowest BCUT2D eigenvalue weighted by Crippen LogP contribution is -2.26. The van der Waals surface area contributed by atoms with Gasteiger partial charge in [0.25, 0.3) is 0 Å². The Labute approximate surface area is 156 Å². The summed E-state index contributed by atoms with van der Waals surface area (Å²) in [6, 6.07) is 10.2. The molecule has 0 fully saturated rings. The lowest BCUT2D eigenvalue weighted by molar-refractivity contribution is -0.121. The Morgan fingerprint density at radius 1 is 1.12 bits per heavy atom. The van der Waals surface area contributed by atoms with Crippen LogP contribution >= 0.6 is 23.2 Å². The quantitative estimate of drug-likeness (QED) is 0.674. The van der Waals surface area contributed by atoms with Crippen LogP contribution in [-0.2, 0) is 11.3 Å². The Balaban J connectivity index is 1.59. The summed E-state index contributed by atoms with van der Waals surface area (Å²) in [5.41, 5.74) is -0.0108. The van der Waals surface area contributed by atoms with Gasteiger partial charge in [-0.1, -0.05) is 35.3 Å². The molecule has 1 N–H and O–H groups in total. The molecule has 134 valence electrons. The standard InChI is InChI=1S/C18H20Cl2N2O3/c19-14-6-5-7-15(18(14)20)25-13-9-16(23)21-10-2-4-12-22-11-3-1-8-17(22)24/h1,3,5-8,11H,2,4,9-10,12-13H2,(H,21,23). The van der Waals surface area contributed by atoms with Crippen molar-refractivity contribution in [2.45, 2.75) is 25.8 Å². The number of aryl methyl sites for hydroxylation is 1. The van der Waals surface area contributed by atoms with Crippen molar-refractivity contribution in [2.75, 3.05) is 13.2 Å². The molecule has 2 rings (SSSR count). The fourth-order valence-electron chi connectivity index (χ4n) is 2.22. The highest BCUT2D eigenvalue weighted by Gasteiger charge is 2.07. The number of carbonyl (C=O) groups is 1. The predicted octanol–water partition coefficient (Wildman–Crippen LogP) is 3.52. The van der Waals surface area contributed by atoms with E-state index in [2.05, 4.69) is 5.32 Å². The molecular formula is C18H20Cl2N2O3. The van der Waals surface area contributed by atoms with Gasteiger partial charge in [0, 0.05) is 25.4 Å². The molecule has 0 aliphatic heterocycles. The molecule has 25 heavy (non-hydrogen) atoms. The zero-order valence-corrected chi connectivity index (χ0v) is 15.2. The minimum Gasteiger partial charge on any atom is -0.491 e. The summed E-state index contributed by atoms with van der Waals surface area (Å²) in [6.07, 6.45) is 3.62. The van der Waals surface area contributed by atoms with E-state index < -0.39 is 0 Å². The van der Waals surface area contributed by atoms with E-state index in [1.165, 1.54) is 6.07 Å².